The first-order chi connectivity index (χ1) is 7.61. The Hall–Kier alpha value is -1.00. The van der Waals surface area contributed by atoms with Gasteiger partial charge in [0.15, 0.2) is 0 Å². The number of hydrogen-bond acceptors (Lipinski definition) is 4. The van der Waals surface area contributed by atoms with E-state index in [0.29, 0.717) is 17.1 Å². The van der Waals surface area contributed by atoms with Crippen molar-refractivity contribution in [1.29, 1.82) is 0 Å². The van der Waals surface area contributed by atoms with Crippen LogP contribution >= 0.6 is 12.6 Å². The number of ether oxygens (including phenoxy) is 2. The lowest BCUT2D eigenvalue weighted by Gasteiger charge is -2.09. The van der Waals surface area contributed by atoms with Crippen molar-refractivity contribution < 1.29 is 14.3 Å². The van der Waals surface area contributed by atoms with Crippen molar-refractivity contribution in [1.82, 2.24) is 0 Å². The number of rotatable bonds is 5. The molecule has 1 rings (SSSR count). The van der Waals surface area contributed by atoms with Gasteiger partial charge in [0.2, 0.25) is 0 Å². The summed E-state index contributed by atoms with van der Waals surface area (Å²) < 4.78 is 10.3. The van der Waals surface area contributed by atoms with E-state index in [-0.39, 0.29) is 18.7 Å². The Bertz CT molecular complexity index is 350. The van der Waals surface area contributed by atoms with Crippen LogP contribution in [0.5, 0.6) is 0 Å². The van der Waals surface area contributed by atoms with Gasteiger partial charge in [0.1, 0.15) is 6.61 Å². The maximum absolute atomic E-state index is 11.6. The van der Waals surface area contributed by atoms with Gasteiger partial charge in [0.25, 0.3) is 0 Å². The zero-order valence-electron chi connectivity index (χ0n) is 9.47. The highest BCUT2D eigenvalue weighted by Gasteiger charge is 2.09. The van der Waals surface area contributed by atoms with E-state index in [9.17, 15) is 4.79 Å². The highest BCUT2D eigenvalue weighted by atomic mass is 32.1. The van der Waals surface area contributed by atoms with E-state index in [4.69, 9.17) is 9.47 Å². The van der Waals surface area contributed by atoms with Gasteiger partial charge in [-0.15, -0.1) is 12.6 Å². The van der Waals surface area contributed by atoms with Crippen LogP contribution in [-0.2, 0) is 9.47 Å². The van der Waals surface area contributed by atoms with Crippen LogP contribution in [-0.4, -0.2) is 25.3 Å². The minimum Gasteiger partial charge on any atom is -0.460 e. The minimum absolute atomic E-state index is 0.149. The monoisotopic (exact) mass is 240 g/mol. The third kappa shape index (κ3) is 4.24. The topological polar surface area (TPSA) is 35.5 Å². The van der Waals surface area contributed by atoms with Crippen LogP contribution in [0, 0.1) is 0 Å². The lowest BCUT2D eigenvalue weighted by Crippen LogP contribution is -2.13. The first-order valence-electron chi connectivity index (χ1n) is 5.18. The van der Waals surface area contributed by atoms with Gasteiger partial charge in [0, 0.05) is 4.90 Å². The van der Waals surface area contributed by atoms with Gasteiger partial charge >= 0.3 is 5.97 Å². The summed E-state index contributed by atoms with van der Waals surface area (Å²) in [5.74, 6) is -0.363. The molecule has 0 unspecified atom stereocenters. The second kappa shape index (κ2) is 6.55. The third-order valence-electron chi connectivity index (χ3n) is 1.89. The minimum atomic E-state index is -0.363. The van der Waals surface area contributed by atoms with Crippen molar-refractivity contribution in [3.63, 3.8) is 0 Å². The maximum Gasteiger partial charge on any atom is 0.339 e. The molecule has 1 aromatic carbocycles. The standard InChI is InChI=1S/C12H16O3S/c1-9(2)14-7-8-15-12(13)10-5-3-4-6-11(10)16/h3-6,9,16H,7-8H2,1-2H3. The summed E-state index contributed by atoms with van der Waals surface area (Å²) in [7, 11) is 0. The number of carbonyl (C=O) groups excluding carboxylic acids is 1. The summed E-state index contributed by atoms with van der Waals surface area (Å²) in [6.07, 6.45) is 0.149. The van der Waals surface area contributed by atoms with E-state index >= 15 is 0 Å². The van der Waals surface area contributed by atoms with Crippen LogP contribution in [0.4, 0.5) is 0 Å². The van der Waals surface area contributed by atoms with E-state index in [1.165, 1.54) is 0 Å². The Morgan fingerprint density at radius 3 is 2.62 bits per heavy atom. The number of hydrogen-bond donors (Lipinski definition) is 1. The number of esters is 1. The van der Waals surface area contributed by atoms with Crippen molar-refractivity contribution in [3.05, 3.63) is 29.8 Å². The van der Waals surface area contributed by atoms with E-state index < -0.39 is 0 Å². The summed E-state index contributed by atoms with van der Waals surface area (Å²) in [6, 6.07) is 7.04. The average molecular weight is 240 g/mol. The van der Waals surface area contributed by atoms with Crippen LogP contribution < -0.4 is 0 Å². The third-order valence-corrected chi connectivity index (χ3v) is 2.28. The molecule has 4 heteroatoms. The van der Waals surface area contributed by atoms with E-state index in [1.807, 2.05) is 19.9 Å². The van der Waals surface area contributed by atoms with Gasteiger partial charge in [-0.3, -0.25) is 0 Å². The van der Waals surface area contributed by atoms with Crippen molar-refractivity contribution in [2.75, 3.05) is 13.2 Å². The maximum atomic E-state index is 11.6. The normalized spacial score (nSPS) is 10.5. The average Bonchev–Trinajstić information content (AvgIpc) is 2.24. The Morgan fingerprint density at radius 2 is 2.00 bits per heavy atom. The predicted molar refractivity (Wildman–Crippen MR) is 65.1 cm³/mol. The molecule has 0 aliphatic heterocycles. The van der Waals surface area contributed by atoms with Gasteiger partial charge in [-0.05, 0) is 26.0 Å². The van der Waals surface area contributed by atoms with Crippen molar-refractivity contribution in [2.45, 2.75) is 24.8 Å². The first kappa shape index (κ1) is 13.1. The van der Waals surface area contributed by atoms with Gasteiger partial charge in [0.05, 0.1) is 18.3 Å². The molecule has 0 amide bonds. The predicted octanol–water partition coefficient (Wildman–Crippen LogP) is 2.56. The SMILES string of the molecule is CC(C)OCCOC(=O)c1ccccc1S. The molecule has 0 N–H and O–H groups in total. The van der Waals surface area contributed by atoms with Gasteiger partial charge in [-0.2, -0.15) is 0 Å². The quantitative estimate of drug-likeness (QED) is 0.488. The zero-order valence-corrected chi connectivity index (χ0v) is 10.4. The molecule has 0 aromatic heterocycles. The fourth-order valence-electron chi connectivity index (χ4n) is 1.14. The fourth-order valence-corrected chi connectivity index (χ4v) is 1.39. The van der Waals surface area contributed by atoms with Crippen LogP contribution in [0.15, 0.2) is 29.2 Å². The van der Waals surface area contributed by atoms with Crippen LogP contribution in [0.2, 0.25) is 0 Å². The molecule has 0 aliphatic carbocycles. The van der Waals surface area contributed by atoms with E-state index in [2.05, 4.69) is 12.6 Å². The second-order valence-electron chi connectivity index (χ2n) is 3.57. The van der Waals surface area contributed by atoms with Crippen LogP contribution in [0.25, 0.3) is 0 Å². The first-order valence-corrected chi connectivity index (χ1v) is 5.62. The van der Waals surface area contributed by atoms with Gasteiger partial charge in [-0.25, -0.2) is 4.79 Å². The molecule has 0 bridgehead atoms. The molecule has 0 fully saturated rings. The van der Waals surface area contributed by atoms with Gasteiger partial charge in [-0.1, -0.05) is 12.1 Å². The number of carbonyl (C=O) groups is 1. The Labute approximate surface area is 101 Å². The molecule has 0 aliphatic rings. The molecule has 0 saturated heterocycles. The Kier molecular flexibility index (Phi) is 5.35. The number of benzene rings is 1. The highest BCUT2D eigenvalue weighted by molar-refractivity contribution is 7.80. The highest BCUT2D eigenvalue weighted by Crippen LogP contribution is 2.13. The Morgan fingerprint density at radius 1 is 1.31 bits per heavy atom. The van der Waals surface area contributed by atoms with Crippen molar-refractivity contribution in [2.24, 2.45) is 0 Å². The molecule has 0 atom stereocenters. The summed E-state index contributed by atoms with van der Waals surface area (Å²) in [5, 5.41) is 0. The second-order valence-corrected chi connectivity index (χ2v) is 4.05. The summed E-state index contributed by atoms with van der Waals surface area (Å²) in [6.45, 7) is 4.55. The summed E-state index contributed by atoms with van der Waals surface area (Å²) in [4.78, 5) is 12.2. The lowest BCUT2D eigenvalue weighted by atomic mass is 10.2. The molecule has 1 aromatic rings. The molecule has 16 heavy (non-hydrogen) atoms. The molecule has 0 radical (unpaired) electrons. The largest absolute Gasteiger partial charge is 0.460 e. The number of thiol groups is 1. The molecule has 0 heterocycles. The lowest BCUT2D eigenvalue weighted by molar-refractivity contribution is 0.0174. The van der Waals surface area contributed by atoms with Crippen LogP contribution in [0.3, 0.4) is 0 Å². The van der Waals surface area contributed by atoms with Gasteiger partial charge < -0.3 is 9.47 Å². The zero-order chi connectivity index (χ0) is 12.0. The van der Waals surface area contributed by atoms with E-state index in [0.717, 1.165) is 0 Å². The molecule has 88 valence electrons. The molecule has 3 nitrogen and oxygen atoms in total. The fraction of sp³-hybridized carbons (Fsp3) is 0.417. The van der Waals surface area contributed by atoms with Crippen molar-refractivity contribution >= 4 is 18.6 Å². The molecule has 0 saturated carbocycles. The molecular formula is C12H16O3S. The summed E-state index contributed by atoms with van der Waals surface area (Å²) in [5.41, 5.74) is 0.482. The molecular weight excluding hydrogens is 224 g/mol. The van der Waals surface area contributed by atoms with Crippen molar-refractivity contribution in [3.8, 4) is 0 Å². The van der Waals surface area contributed by atoms with Crippen LogP contribution in [0.1, 0.15) is 24.2 Å². The smallest absolute Gasteiger partial charge is 0.339 e. The van der Waals surface area contributed by atoms with E-state index in [1.54, 1.807) is 18.2 Å². The summed E-state index contributed by atoms with van der Waals surface area (Å²) >= 11 is 4.18. The Balaban J connectivity index is 2.39. The molecule has 0 spiro atoms.